The van der Waals surface area contributed by atoms with E-state index in [1.54, 1.807) is 7.11 Å². The van der Waals surface area contributed by atoms with E-state index in [0.717, 1.165) is 33.5 Å². The second-order valence-electron chi connectivity index (χ2n) is 5.08. The summed E-state index contributed by atoms with van der Waals surface area (Å²) in [4.78, 5) is 0. The molecule has 0 spiro atoms. The summed E-state index contributed by atoms with van der Waals surface area (Å²) in [5.41, 5.74) is 8.09. The highest BCUT2D eigenvalue weighted by atomic mass is 79.9. The zero-order valence-electron chi connectivity index (χ0n) is 12.3. The molecule has 1 atom stereocenters. The van der Waals surface area contributed by atoms with E-state index in [2.05, 4.69) is 15.9 Å². The van der Waals surface area contributed by atoms with Crippen molar-refractivity contribution in [1.82, 2.24) is 0 Å². The van der Waals surface area contributed by atoms with E-state index in [0.29, 0.717) is 6.61 Å². The third-order valence-electron chi connectivity index (χ3n) is 3.09. The van der Waals surface area contributed by atoms with E-state index < -0.39 is 0 Å². The Bertz CT molecular complexity index is 582. The molecule has 0 aromatic heterocycles. The number of hydrogen-bond acceptors (Lipinski definition) is 3. The third-order valence-corrected chi connectivity index (χ3v) is 3.62. The lowest BCUT2D eigenvalue weighted by Gasteiger charge is -2.13. The van der Waals surface area contributed by atoms with Gasteiger partial charge in [-0.3, -0.25) is 0 Å². The molecule has 1 unspecified atom stereocenters. The lowest BCUT2D eigenvalue weighted by Crippen LogP contribution is -2.17. The molecule has 0 aliphatic heterocycles. The van der Waals surface area contributed by atoms with Crippen molar-refractivity contribution in [2.24, 2.45) is 5.73 Å². The molecule has 2 N–H and O–H groups in total. The quantitative estimate of drug-likeness (QED) is 0.859. The minimum absolute atomic E-state index is 0.129. The third kappa shape index (κ3) is 4.76. The maximum Gasteiger partial charge on any atom is 0.161 e. The lowest BCUT2D eigenvalue weighted by molar-refractivity contribution is 0.284. The van der Waals surface area contributed by atoms with E-state index in [1.165, 1.54) is 0 Å². The van der Waals surface area contributed by atoms with Gasteiger partial charge >= 0.3 is 0 Å². The fourth-order valence-corrected chi connectivity index (χ4v) is 2.34. The smallest absolute Gasteiger partial charge is 0.161 e. The number of methoxy groups -OCH3 is 1. The maximum atomic E-state index is 5.84. The van der Waals surface area contributed by atoms with Gasteiger partial charge in [0.2, 0.25) is 0 Å². The first-order valence-electron chi connectivity index (χ1n) is 6.88. The van der Waals surface area contributed by atoms with Gasteiger partial charge in [-0.25, -0.2) is 0 Å². The molecule has 0 amide bonds. The van der Waals surface area contributed by atoms with Gasteiger partial charge in [-0.2, -0.15) is 0 Å². The summed E-state index contributed by atoms with van der Waals surface area (Å²) in [6.45, 7) is 2.50. The fourth-order valence-electron chi connectivity index (χ4n) is 2.07. The molecule has 2 rings (SSSR count). The van der Waals surface area contributed by atoms with E-state index in [4.69, 9.17) is 15.2 Å². The second kappa shape index (κ2) is 7.48. The van der Waals surface area contributed by atoms with Gasteiger partial charge in [-0.1, -0.05) is 34.1 Å². The number of nitrogens with two attached hydrogens (primary N) is 1. The van der Waals surface area contributed by atoms with Gasteiger partial charge in [-0.05, 0) is 48.7 Å². The van der Waals surface area contributed by atoms with E-state index in [9.17, 15) is 0 Å². The van der Waals surface area contributed by atoms with Gasteiger partial charge in [0, 0.05) is 10.5 Å². The van der Waals surface area contributed by atoms with E-state index >= 15 is 0 Å². The van der Waals surface area contributed by atoms with Crippen molar-refractivity contribution < 1.29 is 9.47 Å². The zero-order valence-corrected chi connectivity index (χ0v) is 13.9. The Morgan fingerprint density at radius 2 is 1.71 bits per heavy atom. The molecule has 2 aromatic rings. The van der Waals surface area contributed by atoms with Crippen LogP contribution in [0, 0.1) is 0 Å². The molecule has 21 heavy (non-hydrogen) atoms. The van der Waals surface area contributed by atoms with Crippen molar-refractivity contribution in [3.05, 3.63) is 58.1 Å². The zero-order chi connectivity index (χ0) is 15.2. The van der Waals surface area contributed by atoms with Crippen LogP contribution in [0.3, 0.4) is 0 Å². The van der Waals surface area contributed by atoms with Crippen LogP contribution < -0.4 is 15.2 Å². The average Bonchev–Trinajstić information content (AvgIpc) is 2.47. The Morgan fingerprint density at radius 3 is 2.33 bits per heavy atom. The van der Waals surface area contributed by atoms with Crippen LogP contribution in [0.25, 0.3) is 0 Å². The molecule has 3 nitrogen and oxygen atoms in total. The Morgan fingerprint density at radius 1 is 1.05 bits per heavy atom. The molecule has 0 fully saturated rings. The summed E-state index contributed by atoms with van der Waals surface area (Å²) in [5.74, 6) is 1.49. The Kier molecular flexibility index (Phi) is 5.65. The molecule has 0 saturated heterocycles. The summed E-state index contributed by atoms with van der Waals surface area (Å²) < 4.78 is 12.3. The summed E-state index contributed by atoms with van der Waals surface area (Å²) in [6.07, 6.45) is 0.823. The van der Waals surface area contributed by atoms with Crippen LogP contribution in [-0.4, -0.2) is 13.2 Å². The average molecular weight is 350 g/mol. The van der Waals surface area contributed by atoms with Crippen LogP contribution in [-0.2, 0) is 13.0 Å². The van der Waals surface area contributed by atoms with E-state index in [1.807, 2.05) is 49.4 Å². The predicted octanol–water partition coefficient (Wildman–Crippen LogP) is 3.93. The highest BCUT2D eigenvalue weighted by molar-refractivity contribution is 9.10. The molecule has 0 aliphatic rings. The first-order valence-corrected chi connectivity index (χ1v) is 7.67. The minimum Gasteiger partial charge on any atom is -0.493 e. The van der Waals surface area contributed by atoms with Crippen molar-refractivity contribution in [1.29, 1.82) is 0 Å². The van der Waals surface area contributed by atoms with Crippen molar-refractivity contribution in [3.63, 3.8) is 0 Å². The maximum absolute atomic E-state index is 5.84. The number of rotatable bonds is 6. The van der Waals surface area contributed by atoms with Gasteiger partial charge in [0.05, 0.1) is 7.11 Å². The largest absolute Gasteiger partial charge is 0.493 e. The summed E-state index contributed by atoms with van der Waals surface area (Å²) in [5, 5.41) is 0. The molecule has 112 valence electrons. The van der Waals surface area contributed by atoms with Gasteiger partial charge < -0.3 is 15.2 Å². The highest BCUT2D eigenvalue weighted by Gasteiger charge is 2.07. The Labute approximate surface area is 134 Å². The van der Waals surface area contributed by atoms with E-state index in [-0.39, 0.29) is 6.04 Å². The van der Waals surface area contributed by atoms with Crippen molar-refractivity contribution in [2.45, 2.75) is 26.0 Å². The summed E-state index contributed by atoms with van der Waals surface area (Å²) in [6, 6.07) is 14.1. The molecule has 2 aromatic carbocycles. The van der Waals surface area contributed by atoms with Crippen LogP contribution in [0.1, 0.15) is 18.1 Å². The monoisotopic (exact) mass is 349 g/mol. The summed E-state index contributed by atoms with van der Waals surface area (Å²) in [7, 11) is 1.65. The Balaban J connectivity index is 2.07. The standard InChI is InChI=1S/C17H20BrNO2/c1-12(19)9-14-5-8-16(17(10-14)20-2)21-11-13-3-6-15(18)7-4-13/h3-8,10,12H,9,11,19H2,1-2H3. The topological polar surface area (TPSA) is 44.5 Å². The number of benzene rings is 2. The molecule has 0 aliphatic carbocycles. The van der Waals surface area contributed by atoms with Crippen LogP contribution in [0.15, 0.2) is 46.9 Å². The first kappa shape index (κ1) is 15.9. The molecule has 0 heterocycles. The van der Waals surface area contributed by atoms with Crippen molar-refractivity contribution in [2.75, 3.05) is 7.11 Å². The second-order valence-corrected chi connectivity index (χ2v) is 6.00. The van der Waals surface area contributed by atoms with Crippen LogP contribution in [0.4, 0.5) is 0 Å². The SMILES string of the molecule is COc1cc(CC(C)N)ccc1OCc1ccc(Br)cc1. The van der Waals surface area contributed by atoms with Gasteiger partial charge in [-0.15, -0.1) is 0 Å². The molecular weight excluding hydrogens is 330 g/mol. The van der Waals surface area contributed by atoms with Crippen molar-refractivity contribution in [3.8, 4) is 11.5 Å². The van der Waals surface area contributed by atoms with Crippen LogP contribution in [0.2, 0.25) is 0 Å². The molecular formula is C17H20BrNO2. The molecule has 0 saturated carbocycles. The van der Waals surface area contributed by atoms with Crippen LogP contribution >= 0.6 is 15.9 Å². The highest BCUT2D eigenvalue weighted by Crippen LogP contribution is 2.29. The lowest BCUT2D eigenvalue weighted by atomic mass is 10.1. The fraction of sp³-hybridized carbons (Fsp3) is 0.294. The Hall–Kier alpha value is -1.52. The van der Waals surface area contributed by atoms with Crippen LogP contribution in [0.5, 0.6) is 11.5 Å². The molecule has 0 radical (unpaired) electrons. The molecule has 4 heteroatoms. The van der Waals surface area contributed by atoms with Gasteiger partial charge in [0.1, 0.15) is 6.61 Å². The number of ether oxygens (including phenoxy) is 2. The van der Waals surface area contributed by atoms with Gasteiger partial charge in [0.15, 0.2) is 11.5 Å². The minimum atomic E-state index is 0.129. The van der Waals surface area contributed by atoms with Gasteiger partial charge in [0.25, 0.3) is 0 Å². The number of hydrogen-bond donors (Lipinski definition) is 1. The summed E-state index contributed by atoms with van der Waals surface area (Å²) >= 11 is 3.42. The number of halogens is 1. The van der Waals surface area contributed by atoms with Crippen molar-refractivity contribution >= 4 is 15.9 Å². The molecule has 0 bridgehead atoms. The first-order chi connectivity index (χ1) is 10.1. The predicted molar refractivity (Wildman–Crippen MR) is 88.8 cm³/mol. The normalized spacial score (nSPS) is 12.0.